The van der Waals surface area contributed by atoms with E-state index in [2.05, 4.69) is 215 Å². The molecular weight excluding hydrogens is 1540 g/mol. The SMILES string of the molecule is CC(C)[C@@H](C)/C=C/[C@@H](C)[C@H]1CCC2=C3C[C@H](O)[C@]45C[C@H]4CC[C@]5(C)[C@@]3(O)[C@H](O)C[C@@]21C.CC(C)[C@@H](C)/C=C/[C@@H](C)[C@H]1CCC2=C3C[C@H](O)[C@]45C[C@H]4CC[C@]5(C)[C@@]3(O)[C@H](O)C[C@@]21C.CC(C)[C@@H](C)/C=C/[C@@H](C)[C@H]1CCC2=C3C[C@H](O)[C@]45C[C@H]4CC[C@]5(C)[C@@]3(O)[C@H](O)C[C@@]21C.CC(C)[C@@H](C)/C=C/[C@@H](C)[C@H]1CCC2=C3C[C@H](O)[C@]45C[C@H]4CC[C@]5(C)[C@@]3(O)[C@H](O)C[C@@]21C. The molecule has 0 aromatic heterocycles. The van der Waals surface area contributed by atoms with Crippen LogP contribution in [-0.4, -0.2) is 133 Å². The van der Waals surface area contributed by atoms with Gasteiger partial charge in [-0.3, -0.25) is 0 Å². The van der Waals surface area contributed by atoms with Gasteiger partial charge in [0.05, 0.1) is 48.8 Å². The van der Waals surface area contributed by atoms with Gasteiger partial charge in [-0.2, -0.15) is 0 Å². The normalized spacial score (nSPS) is 52.7. The second-order valence-corrected chi connectivity index (χ2v) is 51.5. The van der Waals surface area contributed by atoms with Gasteiger partial charge >= 0.3 is 0 Å². The van der Waals surface area contributed by atoms with E-state index in [0.717, 1.165) is 151 Å². The van der Waals surface area contributed by atoms with Crippen LogP contribution in [0.5, 0.6) is 0 Å². The summed E-state index contributed by atoms with van der Waals surface area (Å²) in [5.74, 6) is 10.6. The van der Waals surface area contributed by atoms with Crippen molar-refractivity contribution < 1.29 is 61.3 Å². The third-order valence-corrected chi connectivity index (χ3v) is 46.2. The summed E-state index contributed by atoms with van der Waals surface area (Å²) >= 11 is 0. The average molecular weight is 1710 g/mol. The first-order chi connectivity index (χ1) is 57.7. The molecule has 0 unspecified atom stereocenters. The molecule has 4 spiro atoms. The number of fused-ring (bicyclic) bond motifs is 12. The Morgan fingerprint density at radius 3 is 0.573 bits per heavy atom. The van der Waals surface area contributed by atoms with Gasteiger partial charge in [-0.15, -0.1) is 0 Å². The summed E-state index contributed by atoms with van der Waals surface area (Å²) in [4.78, 5) is 0. The smallest absolute Gasteiger partial charge is 0.118 e. The van der Waals surface area contributed by atoms with Crippen LogP contribution in [0.4, 0.5) is 0 Å². The molecule has 0 bridgehead atoms. The van der Waals surface area contributed by atoms with Gasteiger partial charge in [0, 0.05) is 43.3 Å². The molecule has 696 valence electrons. The zero-order valence-electron chi connectivity index (χ0n) is 82.0. The maximum atomic E-state index is 12.3. The van der Waals surface area contributed by atoms with Crippen molar-refractivity contribution in [1.82, 2.24) is 0 Å². The highest BCUT2D eigenvalue weighted by Gasteiger charge is 2.86. The topological polar surface area (TPSA) is 243 Å². The van der Waals surface area contributed by atoms with E-state index in [-0.39, 0.29) is 67.7 Å². The molecule has 0 aromatic carbocycles. The van der Waals surface area contributed by atoms with E-state index >= 15 is 0 Å². The molecule has 20 aliphatic rings. The van der Waals surface area contributed by atoms with Crippen LogP contribution in [0.15, 0.2) is 93.2 Å². The quantitative estimate of drug-likeness (QED) is 0.0646. The number of hydrogen-bond acceptors (Lipinski definition) is 12. The molecular formula is C112H176O12. The fourth-order valence-electron chi connectivity index (χ4n) is 36.7. The van der Waals surface area contributed by atoms with Crippen LogP contribution in [0.2, 0.25) is 0 Å². The van der Waals surface area contributed by atoms with Gasteiger partial charge in [0.2, 0.25) is 0 Å². The van der Waals surface area contributed by atoms with Crippen molar-refractivity contribution in [1.29, 1.82) is 0 Å². The lowest BCUT2D eigenvalue weighted by Gasteiger charge is -2.61. The lowest BCUT2D eigenvalue weighted by atomic mass is 9.47. The fourth-order valence-corrected chi connectivity index (χ4v) is 36.7. The van der Waals surface area contributed by atoms with E-state index in [1.54, 1.807) is 0 Å². The Morgan fingerprint density at radius 2 is 0.411 bits per heavy atom. The average Bonchev–Trinajstić information content (AvgIpc) is 1.49. The molecule has 0 aromatic rings. The van der Waals surface area contributed by atoms with E-state index in [0.29, 0.717) is 170 Å². The molecule has 0 amide bonds. The van der Waals surface area contributed by atoms with Gasteiger partial charge in [-0.1, -0.05) is 237 Å². The Balaban J connectivity index is 0.000000117. The Bertz CT molecular complexity index is 3860. The summed E-state index contributed by atoms with van der Waals surface area (Å²) in [5.41, 5.74) is 2.34. The molecule has 16 fully saturated rings. The van der Waals surface area contributed by atoms with Crippen molar-refractivity contribution in [3.63, 3.8) is 0 Å². The van der Waals surface area contributed by atoms with Crippen LogP contribution in [0.25, 0.3) is 0 Å². The van der Waals surface area contributed by atoms with Crippen molar-refractivity contribution in [2.24, 2.45) is 183 Å². The standard InChI is InChI=1S/4C28H44O3/c4*1-16(2)17(3)7-8-18(4)20-9-10-21-22-13-23(29)27-14-19(27)11-12-26(27,6)28(22,31)24(30)15-25(20,21)5/h4*7-8,16-20,23-24,29-31H,9-15H2,1-6H3/b4*8-7+/t4*17-,18+,19+,20+,23-,24+,25+,26-,27-,28-/m0000/s1. The Hall–Kier alpha value is -2.56. The van der Waals surface area contributed by atoms with Crippen molar-refractivity contribution in [3.8, 4) is 0 Å². The van der Waals surface area contributed by atoms with Crippen molar-refractivity contribution in [2.45, 2.75) is 417 Å². The highest BCUT2D eigenvalue weighted by Crippen LogP contribution is 2.87. The first kappa shape index (κ1) is 93.3. The van der Waals surface area contributed by atoms with E-state index in [4.69, 9.17) is 0 Å². The summed E-state index contributed by atoms with van der Waals surface area (Å²) in [6, 6.07) is 0. The monoisotopic (exact) mass is 1710 g/mol. The van der Waals surface area contributed by atoms with Gasteiger partial charge in [-0.25, -0.2) is 0 Å². The fraction of sp³-hybridized carbons (Fsp3) is 0.857. The third kappa shape index (κ3) is 12.0. The third-order valence-electron chi connectivity index (χ3n) is 46.2. The molecule has 16 saturated carbocycles. The summed E-state index contributed by atoms with van der Waals surface area (Å²) in [5, 5.41) is 141. The maximum Gasteiger partial charge on any atom is 0.118 e. The molecule has 40 atom stereocenters. The lowest BCUT2D eigenvalue weighted by Crippen LogP contribution is -2.67. The van der Waals surface area contributed by atoms with Crippen molar-refractivity contribution in [2.75, 3.05) is 0 Å². The van der Waals surface area contributed by atoms with Gasteiger partial charge in [0.25, 0.3) is 0 Å². The summed E-state index contributed by atoms with van der Waals surface area (Å²) in [7, 11) is 0. The number of aliphatic hydroxyl groups is 12. The second kappa shape index (κ2) is 30.5. The Kier molecular flexibility index (Phi) is 22.9. The number of rotatable bonds is 16. The van der Waals surface area contributed by atoms with Gasteiger partial charge in [0.1, 0.15) is 22.4 Å². The van der Waals surface area contributed by atoms with Gasteiger partial charge in [0.15, 0.2) is 0 Å². The summed E-state index contributed by atoms with van der Waals surface area (Å²) in [6.45, 7) is 54.7. The number of allylic oxidation sites excluding steroid dienone is 12. The Morgan fingerprint density at radius 1 is 0.234 bits per heavy atom. The minimum Gasteiger partial charge on any atom is -0.392 e. The number of hydrogen-bond donors (Lipinski definition) is 12. The van der Waals surface area contributed by atoms with Crippen LogP contribution in [0, 0.1) is 183 Å². The van der Waals surface area contributed by atoms with Crippen LogP contribution in [0.1, 0.15) is 346 Å². The van der Waals surface area contributed by atoms with Gasteiger partial charge < -0.3 is 61.3 Å². The van der Waals surface area contributed by atoms with Crippen LogP contribution in [0.3, 0.4) is 0 Å². The lowest BCUT2D eigenvalue weighted by molar-refractivity contribution is -0.205. The van der Waals surface area contributed by atoms with E-state index in [1.165, 1.54) is 22.3 Å². The molecule has 0 radical (unpaired) electrons. The first-order valence-electron chi connectivity index (χ1n) is 51.7. The van der Waals surface area contributed by atoms with Gasteiger partial charge in [-0.05, 0) is 342 Å². The molecule has 0 aliphatic heterocycles. The second-order valence-electron chi connectivity index (χ2n) is 51.5. The van der Waals surface area contributed by atoms with Crippen LogP contribution in [-0.2, 0) is 0 Å². The predicted octanol–water partition coefficient (Wildman–Crippen LogP) is 21.0. The molecule has 0 saturated heterocycles. The predicted molar refractivity (Wildman–Crippen MR) is 497 cm³/mol. The van der Waals surface area contributed by atoms with Crippen molar-refractivity contribution in [3.05, 3.63) is 93.2 Å². The van der Waals surface area contributed by atoms with E-state index < -0.39 is 68.5 Å². The molecule has 20 rings (SSSR count). The van der Waals surface area contributed by atoms with Crippen molar-refractivity contribution >= 4 is 0 Å². The zero-order chi connectivity index (χ0) is 90.2. The summed E-state index contributed by atoms with van der Waals surface area (Å²) < 4.78 is 0. The minimum atomic E-state index is -1.16. The minimum absolute atomic E-state index is 0.0893. The highest BCUT2D eigenvalue weighted by atomic mass is 16.4. The summed E-state index contributed by atoms with van der Waals surface area (Å²) in [6.07, 6.45) is 40.1. The maximum absolute atomic E-state index is 12.3. The molecule has 12 heteroatoms. The Labute approximate surface area is 750 Å². The molecule has 124 heavy (non-hydrogen) atoms. The van der Waals surface area contributed by atoms with E-state index in [1.807, 2.05) is 0 Å². The molecule has 20 aliphatic carbocycles. The highest BCUT2D eigenvalue weighted by molar-refractivity contribution is 5.52. The van der Waals surface area contributed by atoms with E-state index in [9.17, 15) is 61.3 Å². The van der Waals surface area contributed by atoms with Crippen LogP contribution >= 0.6 is 0 Å². The molecule has 0 heterocycles. The molecule has 12 nitrogen and oxygen atoms in total. The first-order valence-corrected chi connectivity index (χ1v) is 51.7. The van der Waals surface area contributed by atoms with Crippen LogP contribution < -0.4 is 0 Å². The largest absolute Gasteiger partial charge is 0.392 e. The number of aliphatic hydroxyl groups excluding tert-OH is 8. The molecule has 12 N–H and O–H groups in total. The zero-order valence-corrected chi connectivity index (χ0v) is 82.0.